The lowest BCUT2D eigenvalue weighted by atomic mass is 9.76. The molecule has 1 aromatic heterocycles. The smallest absolute Gasteiger partial charge is 0.238 e. The maximum Gasteiger partial charge on any atom is 0.238 e. The van der Waals surface area contributed by atoms with Crippen LogP contribution in [0.1, 0.15) is 35.3 Å². The van der Waals surface area contributed by atoms with Gasteiger partial charge in [-0.15, -0.1) is 0 Å². The largest absolute Gasteiger partial charge is 0.388 e. The van der Waals surface area contributed by atoms with Gasteiger partial charge in [0.15, 0.2) is 0 Å². The first kappa shape index (κ1) is 16.7. The highest BCUT2D eigenvalue weighted by atomic mass is 32.2. The Hall–Kier alpha value is -2.48. The van der Waals surface area contributed by atoms with E-state index < -0.39 is 16.1 Å². The first-order valence-corrected chi connectivity index (χ1v) is 10.4. The van der Waals surface area contributed by atoms with Crippen LogP contribution in [0.4, 0.5) is 0 Å². The zero-order chi connectivity index (χ0) is 18.8. The Morgan fingerprint density at radius 3 is 2.78 bits per heavy atom. The first-order chi connectivity index (χ1) is 12.9. The van der Waals surface area contributed by atoms with Crippen LogP contribution in [0.25, 0.3) is 11.3 Å². The van der Waals surface area contributed by atoms with Crippen molar-refractivity contribution in [2.75, 3.05) is 0 Å². The van der Waals surface area contributed by atoms with E-state index in [0.29, 0.717) is 6.42 Å². The second-order valence-corrected chi connectivity index (χ2v) is 8.83. The molecule has 2 heterocycles. The summed E-state index contributed by atoms with van der Waals surface area (Å²) in [5.41, 5.74) is 5.05. The predicted molar refractivity (Wildman–Crippen MR) is 100 cm³/mol. The van der Waals surface area contributed by atoms with E-state index in [1.54, 1.807) is 12.1 Å². The average molecular weight is 381 g/mol. The Morgan fingerprint density at radius 1 is 1.15 bits per heavy atom. The van der Waals surface area contributed by atoms with Crippen LogP contribution in [-0.4, -0.2) is 23.1 Å². The van der Waals surface area contributed by atoms with Gasteiger partial charge in [-0.25, -0.2) is 18.5 Å². The quantitative estimate of drug-likeness (QED) is 0.712. The zero-order valence-electron chi connectivity index (χ0n) is 14.5. The third kappa shape index (κ3) is 2.46. The van der Waals surface area contributed by atoms with Gasteiger partial charge < -0.3 is 9.67 Å². The van der Waals surface area contributed by atoms with Crippen LogP contribution in [0, 0.1) is 5.92 Å². The van der Waals surface area contributed by atoms with Gasteiger partial charge in [-0.1, -0.05) is 30.3 Å². The number of primary sulfonamides is 1. The maximum absolute atomic E-state index is 11.6. The number of rotatable bonds is 2. The minimum Gasteiger partial charge on any atom is -0.388 e. The van der Waals surface area contributed by atoms with Gasteiger partial charge >= 0.3 is 0 Å². The van der Waals surface area contributed by atoms with E-state index in [9.17, 15) is 13.5 Å². The Bertz CT molecular complexity index is 1150. The van der Waals surface area contributed by atoms with E-state index in [0.717, 1.165) is 28.8 Å². The molecular weight excluding hydrogens is 362 g/mol. The van der Waals surface area contributed by atoms with Crippen molar-refractivity contribution in [3.8, 4) is 11.3 Å². The van der Waals surface area contributed by atoms with E-state index in [-0.39, 0.29) is 16.9 Å². The number of nitrogens with two attached hydrogens (primary N) is 1. The Kier molecular flexibility index (Phi) is 3.56. The van der Waals surface area contributed by atoms with Crippen molar-refractivity contribution in [2.24, 2.45) is 11.1 Å². The molecule has 7 heteroatoms. The lowest BCUT2D eigenvalue weighted by Gasteiger charge is -2.35. The van der Waals surface area contributed by atoms with Gasteiger partial charge in [0.2, 0.25) is 10.0 Å². The maximum atomic E-state index is 11.6. The van der Waals surface area contributed by atoms with Crippen molar-refractivity contribution in [3.05, 3.63) is 71.7 Å². The summed E-state index contributed by atoms with van der Waals surface area (Å²) in [7, 11) is -3.75. The van der Waals surface area contributed by atoms with Gasteiger partial charge in [0, 0.05) is 11.5 Å². The van der Waals surface area contributed by atoms with E-state index in [1.165, 1.54) is 11.6 Å². The molecule has 2 aromatic carbocycles. The molecule has 138 valence electrons. The SMILES string of the molecule is NS(=O)(=O)c1ccc2c(c1)CC[C@@H]([C@H]1c3ccccc3-c3cncn31)[C@H]2O. The number of aliphatic hydroxyl groups excluding tert-OH is 1. The monoisotopic (exact) mass is 381 g/mol. The molecule has 27 heavy (non-hydrogen) atoms. The summed E-state index contributed by atoms with van der Waals surface area (Å²) in [6.45, 7) is 0. The molecule has 0 saturated carbocycles. The fraction of sp³-hybridized carbons (Fsp3) is 0.250. The third-order valence-electron chi connectivity index (χ3n) is 5.84. The summed E-state index contributed by atoms with van der Waals surface area (Å²) in [6, 6.07) is 13.0. The molecule has 3 N–H and O–H groups in total. The first-order valence-electron chi connectivity index (χ1n) is 8.90. The summed E-state index contributed by atoms with van der Waals surface area (Å²) < 4.78 is 25.4. The molecule has 5 rings (SSSR count). The number of hydrogen-bond donors (Lipinski definition) is 2. The van der Waals surface area contributed by atoms with E-state index in [1.807, 2.05) is 24.7 Å². The van der Waals surface area contributed by atoms with Crippen molar-refractivity contribution in [1.82, 2.24) is 9.55 Å². The summed E-state index contributed by atoms with van der Waals surface area (Å²) in [5, 5.41) is 16.4. The molecule has 2 aliphatic rings. The molecule has 1 aliphatic heterocycles. The van der Waals surface area contributed by atoms with Gasteiger partial charge in [0.05, 0.1) is 35.3 Å². The average Bonchev–Trinajstić information content (AvgIpc) is 3.22. The van der Waals surface area contributed by atoms with Crippen LogP contribution in [0.15, 0.2) is 59.9 Å². The van der Waals surface area contributed by atoms with Crippen molar-refractivity contribution in [3.63, 3.8) is 0 Å². The number of aliphatic hydroxyl groups is 1. The number of benzene rings is 2. The number of aromatic nitrogens is 2. The lowest BCUT2D eigenvalue weighted by Crippen LogP contribution is -2.29. The molecule has 1 aliphatic carbocycles. The fourth-order valence-electron chi connectivity index (χ4n) is 4.62. The van der Waals surface area contributed by atoms with Gasteiger partial charge in [0.25, 0.3) is 0 Å². The van der Waals surface area contributed by atoms with Gasteiger partial charge in [-0.05, 0) is 41.7 Å². The number of aryl methyl sites for hydroxylation is 1. The molecular formula is C20H19N3O3S. The standard InChI is InChI=1S/C20H19N3O3S/c21-27(25,26)13-6-8-14-12(9-13)5-7-17(20(14)24)19-16-4-2-1-3-15(16)18-10-22-11-23(18)19/h1-4,6,8-11,17,19-20,24H,5,7H2,(H2,21,25,26)/t17-,19+,20-/m0/s1. The lowest BCUT2D eigenvalue weighted by molar-refractivity contribution is 0.0719. The molecule has 0 radical (unpaired) electrons. The third-order valence-corrected chi connectivity index (χ3v) is 6.75. The number of nitrogens with zero attached hydrogens (tertiary/aromatic N) is 2. The molecule has 3 atom stereocenters. The van der Waals surface area contributed by atoms with E-state index >= 15 is 0 Å². The van der Waals surface area contributed by atoms with Crippen LogP contribution >= 0.6 is 0 Å². The molecule has 0 saturated heterocycles. The van der Waals surface area contributed by atoms with Crippen molar-refractivity contribution in [2.45, 2.75) is 29.9 Å². The van der Waals surface area contributed by atoms with Crippen molar-refractivity contribution < 1.29 is 13.5 Å². The predicted octanol–water partition coefficient (Wildman–Crippen LogP) is 2.40. The minimum absolute atomic E-state index is 0.0137. The van der Waals surface area contributed by atoms with E-state index in [4.69, 9.17) is 5.14 Å². The number of sulfonamides is 1. The van der Waals surface area contributed by atoms with Crippen LogP contribution in [0.5, 0.6) is 0 Å². The van der Waals surface area contributed by atoms with E-state index in [2.05, 4.69) is 21.7 Å². The zero-order valence-corrected chi connectivity index (χ0v) is 15.3. The molecule has 0 bridgehead atoms. The van der Waals surface area contributed by atoms with Crippen LogP contribution < -0.4 is 5.14 Å². The second-order valence-electron chi connectivity index (χ2n) is 7.27. The highest BCUT2D eigenvalue weighted by Crippen LogP contribution is 2.49. The summed E-state index contributed by atoms with van der Waals surface area (Å²) >= 11 is 0. The number of hydrogen-bond acceptors (Lipinski definition) is 4. The Morgan fingerprint density at radius 2 is 1.96 bits per heavy atom. The normalized spacial score (nSPS) is 23.6. The number of imidazole rings is 1. The highest BCUT2D eigenvalue weighted by molar-refractivity contribution is 7.89. The van der Waals surface area contributed by atoms with Gasteiger partial charge in [-0.3, -0.25) is 0 Å². The van der Waals surface area contributed by atoms with Crippen molar-refractivity contribution in [1.29, 1.82) is 0 Å². The molecule has 6 nitrogen and oxygen atoms in total. The molecule has 0 unspecified atom stereocenters. The molecule has 0 amide bonds. The summed E-state index contributed by atoms with van der Waals surface area (Å²) in [5.74, 6) is -0.0190. The molecule has 3 aromatic rings. The van der Waals surface area contributed by atoms with Crippen LogP contribution in [-0.2, 0) is 16.4 Å². The number of fused-ring (bicyclic) bond motifs is 4. The second kappa shape index (κ2) is 5.76. The van der Waals surface area contributed by atoms with Gasteiger partial charge in [0.1, 0.15) is 0 Å². The molecule has 0 spiro atoms. The summed E-state index contributed by atoms with van der Waals surface area (Å²) in [4.78, 5) is 4.39. The van der Waals surface area contributed by atoms with Crippen LogP contribution in [0.3, 0.4) is 0 Å². The van der Waals surface area contributed by atoms with Crippen LogP contribution in [0.2, 0.25) is 0 Å². The topological polar surface area (TPSA) is 98.2 Å². The van der Waals surface area contributed by atoms with Crippen molar-refractivity contribution >= 4 is 10.0 Å². The molecule has 0 fully saturated rings. The Balaban J connectivity index is 1.57. The van der Waals surface area contributed by atoms with Gasteiger partial charge in [-0.2, -0.15) is 0 Å². The Labute approximate surface area is 157 Å². The minimum atomic E-state index is -3.75. The highest BCUT2D eigenvalue weighted by Gasteiger charge is 2.40. The fourth-order valence-corrected chi connectivity index (χ4v) is 5.18. The summed E-state index contributed by atoms with van der Waals surface area (Å²) in [6.07, 6.45) is 4.45.